The Bertz CT molecular complexity index is 2090. The molecule has 1 N–H and O–H groups in total. The molecule has 0 radical (unpaired) electrons. The van der Waals surface area contributed by atoms with E-state index in [2.05, 4.69) is 0 Å². The normalized spacial score (nSPS) is 27.6. The molecule has 3 fully saturated rings. The molecule has 4 amide bonds. The Balaban J connectivity index is 1.31. The standard InChI is InChI=1S/C39H31ClN2O7/c1-21(44)22-10-12-25(13-11-22)41-35(45)29-16-15-28-30(33(29)37(41)47)19-31-36(46)42(26-9-5-8-24(40)18-26)38(48)39(31,23-6-3-2-4-7-23)34(28)32-17-14-27(20-43)49-32/h2-15,17-18,29-31,33-34,43H,16,19-20H2,1H3. The first-order valence-corrected chi connectivity index (χ1v) is 16.6. The Morgan fingerprint density at radius 1 is 0.857 bits per heavy atom. The summed E-state index contributed by atoms with van der Waals surface area (Å²) < 4.78 is 6.22. The van der Waals surface area contributed by atoms with Crippen molar-refractivity contribution in [3.63, 3.8) is 0 Å². The number of aliphatic hydroxyl groups is 1. The van der Waals surface area contributed by atoms with Crippen molar-refractivity contribution < 1.29 is 33.5 Å². The summed E-state index contributed by atoms with van der Waals surface area (Å²) in [6.07, 6.45) is 2.35. The number of halogens is 1. The van der Waals surface area contributed by atoms with Crippen LogP contribution in [0, 0.1) is 23.7 Å². The largest absolute Gasteiger partial charge is 0.463 e. The highest BCUT2D eigenvalue weighted by Crippen LogP contribution is 2.64. The summed E-state index contributed by atoms with van der Waals surface area (Å²) in [6, 6.07) is 25.5. The summed E-state index contributed by atoms with van der Waals surface area (Å²) in [5.74, 6) is -4.82. The van der Waals surface area contributed by atoms with Crippen molar-refractivity contribution in [2.24, 2.45) is 23.7 Å². The SMILES string of the molecule is CC(=O)c1ccc(N2C(=O)C3CC=C4C(CC5C(=O)N(c6cccc(Cl)c6)C(=O)C5(c5ccccc5)C4c4ccc(CO)o4)C3C2=O)cc1. The molecule has 4 aromatic rings. The highest BCUT2D eigenvalue weighted by molar-refractivity contribution is 6.32. The van der Waals surface area contributed by atoms with Gasteiger partial charge in [-0.3, -0.25) is 28.9 Å². The van der Waals surface area contributed by atoms with Crippen molar-refractivity contribution in [1.29, 1.82) is 0 Å². The summed E-state index contributed by atoms with van der Waals surface area (Å²) in [5.41, 5.74) is 1.09. The molecule has 6 unspecified atom stereocenters. The lowest BCUT2D eigenvalue weighted by Gasteiger charge is -2.49. The van der Waals surface area contributed by atoms with E-state index >= 15 is 4.79 Å². The van der Waals surface area contributed by atoms with Gasteiger partial charge < -0.3 is 9.52 Å². The molecule has 6 atom stereocenters. The predicted octanol–water partition coefficient (Wildman–Crippen LogP) is 5.99. The fraction of sp³-hybridized carbons (Fsp3) is 0.256. The predicted molar refractivity (Wildman–Crippen MR) is 180 cm³/mol. The molecular formula is C39H31ClN2O7. The van der Waals surface area contributed by atoms with E-state index in [1.165, 1.54) is 16.7 Å². The lowest BCUT2D eigenvalue weighted by atomic mass is 9.50. The molecule has 246 valence electrons. The maximum atomic E-state index is 15.2. The molecule has 49 heavy (non-hydrogen) atoms. The number of anilines is 2. The van der Waals surface area contributed by atoms with E-state index in [9.17, 15) is 24.3 Å². The first-order valence-electron chi connectivity index (χ1n) is 16.2. The number of allylic oxidation sites excluding steroid dienone is 2. The minimum Gasteiger partial charge on any atom is -0.463 e. The van der Waals surface area contributed by atoms with Crippen LogP contribution in [0.15, 0.2) is 107 Å². The summed E-state index contributed by atoms with van der Waals surface area (Å²) in [5, 5.41) is 10.3. The Morgan fingerprint density at radius 2 is 1.61 bits per heavy atom. The maximum Gasteiger partial charge on any atom is 0.246 e. The van der Waals surface area contributed by atoms with Crippen LogP contribution in [0.5, 0.6) is 0 Å². The van der Waals surface area contributed by atoms with Crippen molar-refractivity contribution in [1.82, 2.24) is 0 Å². The van der Waals surface area contributed by atoms with Crippen molar-refractivity contribution in [2.75, 3.05) is 9.80 Å². The number of carbonyl (C=O) groups excluding carboxylic acids is 5. The van der Waals surface area contributed by atoms with Crippen molar-refractivity contribution in [3.05, 3.63) is 130 Å². The molecule has 1 aromatic heterocycles. The van der Waals surface area contributed by atoms with E-state index in [1.54, 1.807) is 60.7 Å². The number of ketones is 1. The van der Waals surface area contributed by atoms with Crippen LogP contribution in [0.3, 0.4) is 0 Å². The van der Waals surface area contributed by atoms with Gasteiger partial charge in [-0.15, -0.1) is 0 Å². The van der Waals surface area contributed by atoms with Gasteiger partial charge in [-0.05, 0) is 85.8 Å². The minimum absolute atomic E-state index is 0.131. The Morgan fingerprint density at radius 3 is 2.29 bits per heavy atom. The number of fused-ring (bicyclic) bond motifs is 4. The second-order valence-electron chi connectivity index (χ2n) is 13.2. The third kappa shape index (κ3) is 4.45. The summed E-state index contributed by atoms with van der Waals surface area (Å²) in [7, 11) is 0. The number of aliphatic hydroxyl groups excluding tert-OH is 1. The lowest BCUT2D eigenvalue weighted by molar-refractivity contribution is -0.127. The average Bonchev–Trinajstić information content (AvgIpc) is 3.75. The van der Waals surface area contributed by atoms with Crippen LogP contribution in [0.1, 0.15) is 53.1 Å². The molecule has 1 saturated carbocycles. The number of carbonyl (C=O) groups is 5. The zero-order chi connectivity index (χ0) is 34.2. The number of hydrogen-bond donors (Lipinski definition) is 1. The lowest BCUT2D eigenvalue weighted by Crippen LogP contribution is -2.53. The highest BCUT2D eigenvalue weighted by atomic mass is 35.5. The van der Waals surface area contributed by atoms with Crippen LogP contribution >= 0.6 is 11.6 Å². The smallest absolute Gasteiger partial charge is 0.246 e. The van der Waals surface area contributed by atoms with Crippen molar-refractivity contribution >= 4 is 52.4 Å². The maximum absolute atomic E-state index is 15.2. The number of imide groups is 2. The van der Waals surface area contributed by atoms with Crippen LogP contribution in [0.25, 0.3) is 0 Å². The van der Waals surface area contributed by atoms with Gasteiger partial charge in [0.1, 0.15) is 23.5 Å². The van der Waals surface area contributed by atoms with Gasteiger partial charge in [0.25, 0.3) is 0 Å². The van der Waals surface area contributed by atoms with Crippen LogP contribution in [0.4, 0.5) is 11.4 Å². The molecular weight excluding hydrogens is 644 g/mol. The number of rotatable bonds is 6. The average molecular weight is 675 g/mol. The van der Waals surface area contributed by atoms with Crippen LogP contribution < -0.4 is 9.80 Å². The zero-order valence-electron chi connectivity index (χ0n) is 26.4. The number of amides is 4. The molecule has 10 heteroatoms. The van der Waals surface area contributed by atoms with E-state index in [1.807, 2.05) is 36.4 Å². The third-order valence-electron chi connectivity index (χ3n) is 10.8. The molecule has 2 aliphatic heterocycles. The molecule has 4 aliphatic rings. The number of Topliss-reactive ketones (excluding diaryl/α,β-unsaturated/α-hetero) is 1. The van der Waals surface area contributed by atoms with Gasteiger partial charge in [0.2, 0.25) is 23.6 Å². The first-order chi connectivity index (χ1) is 23.7. The quantitative estimate of drug-likeness (QED) is 0.151. The summed E-state index contributed by atoms with van der Waals surface area (Å²) >= 11 is 6.36. The molecule has 2 saturated heterocycles. The molecule has 0 spiro atoms. The monoisotopic (exact) mass is 674 g/mol. The molecule has 8 rings (SSSR count). The van der Waals surface area contributed by atoms with Gasteiger partial charge in [-0.2, -0.15) is 0 Å². The van der Waals surface area contributed by atoms with E-state index < -0.39 is 46.8 Å². The molecule has 0 bridgehead atoms. The third-order valence-corrected chi connectivity index (χ3v) is 11.1. The van der Waals surface area contributed by atoms with Crippen LogP contribution in [-0.4, -0.2) is 34.5 Å². The zero-order valence-corrected chi connectivity index (χ0v) is 27.2. The molecule has 2 aliphatic carbocycles. The minimum atomic E-state index is -1.46. The van der Waals surface area contributed by atoms with Crippen LogP contribution in [-0.2, 0) is 31.2 Å². The van der Waals surface area contributed by atoms with Gasteiger partial charge in [0.15, 0.2) is 5.78 Å². The molecule has 3 heterocycles. The molecule has 3 aromatic carbocycles. The van der Waals surface area contributed by atoms with Gasteiger partial charge >= 0.3 is 0 Å². The van der Waals surface area contributed by atoms with E-state index in [-0.39, 0.29) is 37.0 Å². The van der Waals surface area contributed by atoms with E-state index in [4.69, 9.17) is 16.0 Å². The summed E-state index contributed by atoms with van der Waals surface area (Å²) in [6.45, 7) is 1.08. The highest BCUT2D eigenvalue weighted by Gasteiger charge is 2.71. The fourth-order valence-corrected chi connectivity index (χ4v) is 8.97. The number of benzene rings is 3. The van der Waals surface area contributed by atoms with E-state index in [0.29, 0.717) is 39.0 Å². The second kappa shape index (κ2) is 11.5. The first kappa shape index (κ1) is 31.2. The molecule has 9 nitrogen and oxygen atoms in total. The second-order valence-corrected chi connectivity index (χ2v) is 13.6. The van der Waals surface area contributed by atoms with E-state index in [0.717, 1.165) is 5.57 Å². The Kier molecular flexibility index (Phi) is 7.31. The number of hydrogen-bond acceptors (Lipinski definition) is 7. The topological polar surface area (TPSA) is 125 Å². The summed E-state index contributed by atoms with van der Waals surface area (Å²) in [4.78, 5) is 72.6. The van der Waals surface area contributed by atoms with Crippen molar-refractivity contribution in [3.8, 4) is 0 Å². The van der Waals surface area contributed by atoms with Gasteiger partial charge in [-0.25, -0.2) is 4.90 Å². The van der Waals surface area contributed by atoms with Gasteiger partial charge in [0.05, 0.1) is 35.0 Å². The van der Waals surface area contributed by atoms with Crippen LogP contribution in [0.2, 0.25) is 5.02 Å². The number of furan rings is 1. The number of nitrogens with zero attached hydrogens (tertiary/aromatic N) is 2. The van der Waals surface area contributed by atoms with Crippen molar-refractivity contribution in [2.45, 2.75) is 37.7 Å². The fourth-order valence-electron chi connectivity index (χ4n) is 8.79. The van der Waals surface area contributed by atoms with Gasteiger partial charge in [0, 0.05) is 10.6 Å². The Hall–Kier alpha value is -5.12. The Labute approximate surface area is 286 Å². The van der Waals surface area contributed by atoms with Gasteiger partial charge in [-0.1, -0.05) is 59.6 Å².